The first kappa shape index (κ1) is 17.7. The van der Waals surface area contributed by atoms with Crippen LogP contribution in [0, 0.1) is 10.1 Å². The first-order valence-corrected chi connectivity index (χ1v) is 8.97. The Balaban J connectivity index is 1.85. The molecule has 1 aliphatic heterocycles. The van der Waals surface area contributed by atoms with Crippen LogP contribution >= 0.6 is 0 Å². The zero-order chi connectivity index (χ0) is 19.7. The van der Waals surface area contributed by atoms with E-state index in [0.29, 0.717) is 23.4 Å². The number of nitrogens with one attached hydrogen (secondary N) is 1. The molecule has 1 amide bonds. The van der Waals surface area contributed by atoms with Gasteiger partial charge in [-0.25, -0.2) is 0 Å². The Bertz CT molecular complexity index is 1050. The average Bonchev–Trinajstić information content (AvgIpc) is 2.72. The number of benzene rings is 3. The van der Waals surface area contributed by atoms with E-state index >= 15 is 0 Å². The van der Waals surface area contributed by atoms with Crippen LogP contribution in [0.5, 0.6) is 0 Å². The van der Waals surface area contributed by atoms with E-state index in [1.807, 2.05) is 55.5 Å². The lowest BCUT2D eigenvalue weighted by Gasteiger charge is -2.46. The minimum Gasteiger partial charge on any atom is -0.358 e. The number of non-ortho nitro benzene ring substituents is 1. The van der Waals surface area contributed by atoms with Crippen LogP contribution in [-0.2, 0) is 12.2 Å². The second kappa shape index (κ2) is 6.81. The first-order valence-electron chi connectivity index (χ1n) is 8.97. The maximum Gasteiger partial charge on any atom is 0.269 e. The standard InChI is InChI=1S/C22H19N3O3/c1-22(17-10-7-11-18(14-17)25(27)28)23-20-13-6-5-12-19(20)21(26)24(22)15-16-8-3-2-4-9-16/h2-14,23H,15H2,1H3. The number of hydrogen-bond acceptors (Lipinski definition) is 4. The van der Waals surface area contributed by atoms with Gasteiger partial charge in [0.05, 0.1) is 10.5 Å². The van der Waals surface area contributed by atoms with Crippen LogP contribution in [0.25, 0.3) is 0 Å². The minimum atomic E-state index is -0.937. The third-order valence-electron chi connectivity index (χ3n) is 5.12. The Kier molecular flexibility index (Phi) is 4.31. The van der Waals surface area contributed by atoms with Gasteiger partial charge in [0.25, 0.3) is 11.6 Å². The van der Waals surface area contributed by atoms with Crippen LogP contribution in [0.2, 0.25) is 0 Å². The number of fused-ring (bicyclic) bond motifs is 1. The number of nitrogens with zero attached hydrogens (tertiary/aromatic N) is 2. The maximum absolute atomic E-state index is 13.4. The first-order chi connectivity index (χ1) is 13.5. The van der Waals surface area contributed by atoms with Gasteiger partial charge in [0, 0.05) is 29.9 Å². The summed E-state index contributed by atoms with van der Waals surface area (Å²) in [4.78, 5) is 26.0. The summed E-state index contributed by atoms with van der Waals surface area (Å²) in [6, 6.07) is 23.4. The zero-order valence-corrected chi connectivity index (χ0v) is 15.3. The number of anilines is 1. The third-order valence-corrected chi connectivity index (χ3v) is 5.12. The fraction of sp³-hybridized carbons (Fsp3) is 0.136. The Hall–Kier alpha value is -3.67. The molecule has 6 heteroatoms. The predicted molar refractivity (Wildman–Crippen MR) is 107 cm³/mol. The molecule has 28 heavy (non-hydrogen) atoms. The van der Waals surface area contributed by atoms with Gasteiger partial charge >= 0.3 is 0 Å². The highest BCUT2D eigenvalue weighted by Gasteiger charge is 2.42. The molecule has 3 aromatic rings. The van der Waals surface area contributed by atoms with E-state index in [-0.39, 0.29) is 11.6 Å². The van der Waals surface area contributed by atoms with Crippen molar-refractivity contribution in [1.29, 1.82) is 0 Å². The van der Waals surface area contributed by atoms with Crippen molar-refractivity contribution < 1.29 is 9.72 Å². The van der Waals surface area contributed by atoms with Crippen molar-refractivity contribution in [3.8, 4) is 0 Å². The van der Waals surface area contributed by atoms with Crippen molar-refractivity contribution in [2.24, 2.45) is 0 Å². The summed E-state index contributed by atoms with van der Waals surface area (Å²) in [7, 11) is 0. The van der Waals surface area contributed by atoms with Gasteiger partial charge in [0.15, 0.2) is 0 Å². The summed E-state index contributed by atoms with van der Waals surface area (Å²) in [6.45, 7) is 2.25. The second-order valence-corrected chi connectivity index (χ2v) is 6.93. The van der Waals surface area contributed by atoms with E-state index in [0.717, 1.165) is 5.56 Å². The van der Waals surface area contributed by atoms with Crippen LogP contribution < -0.4 is 5.32 Å². The van der Waals surface area contributed by atoms with Gasteiger partial charge in [-0.05, 0) is 24.6 Å². The molecule has 6 nitrogen and oxygen atoms in total. The van der Waals surface area contributed by atoms with Crippen LogP contribution in [0.3, 0.4) is 0 Å². The molecule has 1 N–H and O–H groups in total. The molecule has 1 heterocycles. The molecule has 0 saturated heterocycles. The van der Waals surface area contributed by atoms with Gasteiger partial charge in [0.2, 0.25) is 0 Å². The molecule has 0 fully saturated rings. The largest absolute Gasteiger partial charge is 0.358 e. The Morgan fingerprint density at radius 2 is 1.71 bits per heavy atom. The summed E-state index contributed by atoms with van der Waals surface area (Å²) < 4.78 is 0. The highest BCUT2D eigenvalue weighted by atomic mass is 16.6. The fourth-order valence-electron chi connectivity index (χ4n) is 3.60. The van der Waals surface area contributed by atoms with E-state index in [1.54, 1.807) is 23.1 Å². The molecule has 4 rings (SSSR count). The monoisotopic (exact) mass is 373 g/mol. The van der Waals surface area contributed by atoms with Crippen molar-refractivity contribution in [2.45, 2.75) is 19.1 Å². The summed E-state index contributed by atoms with van der Waals surface area (Å²) in [6.07, 6.45) is 0. The summed E-state index contributed by atoms with van der Waals surface area (Å²) in [5.74, 6) is -0.118. The molecular weight excluding hydrogens is 354 g/mol. The van der Waals surface area contributed by atoms with Crippen LogP contribution in [0.4, 0.5) is 11.4 Å². The van der Waals surface area contributed by atoms with Gasteiger partial charge in [0.1, 0.15) is 5.66 Å². The topological polar surface area (TPSA) is 75.5 Å². The lowest BCUT2D eigenvalue weighted by molar-refractivity contribution is -0.385. The molecule has 0 saturated carbocycles. The van der Waals surface area contributed by atoms with E-state index in [9.17, 15) is 14.9 Å². The smallest absolute Gasteiger partial charge is 0.269 e. The van der Waals surface area contributed by atoms with Crippen molar-refractivity contribution in [3.63, 3.8) is 0 Å². The Morgan fingerprint density at radius 3 is 2.46 bits per heavy atom. The minimum absolute atomic E-state index is 0.00788. The predicted octanol–water partition coefficient (Wildman–Crippen LogP) is 4.54. The lowest BCUT2D eigenvalue weighted by atomic mass is 9.92. The van der Waals surface area contributed by atoms with Crippen LogP contribution in [0.1, 0.15) is 28.4 Å². The maximum atomic E-state index is 13.4. The number of nitro benzene ring substituents is 1. The van der Waals surface area contributed by atoms with Crippen molar-refractivity contribution >= 4 is 17.3 Å². The van der Waals surface area contributed by atoms with Crippen LogP contribution in [-0.4, -0.2) is 15.7 Å². The molecular formula is C22H19N3O3. The highest BCUT2D eigenvalue weighted by Crippen LogP contribution is 2.39. The van der Waals surface area contributed by atoms with Gasteiger partial charge < -0.3 is 10.2 Å². The van der Waals surface area contributed by atoms with Gasteiger partial charge in [-0.2, -0.15) is 0 Å². The zero-order valence-electron chi connectivity index (χ0n) is 15.3. The van der Waals surface area contributed by atoms with Gasteiger partial charge in [-0.3, -0.25) is 14.9 Å². The molecule has 1 unspecified atom stereocenters. The Labute approximate surface area is 162 Å². The van der Waals surface area contributed by atoms with E-state index in [1.165, 1.54) is 12.1 Å². The lowest BCUT2D eigenvalue weighted by Crippen LogP contribution is -2.55. The number of carbonyl (C=O) groups is 1. The number of hydrogen-bond donors (Lipinski definition) is 1. The highest BCUT2D eigenvalue weighted by molar-refractivity contribution is 6.02. The second-order valence-electron chi connectivity index (χ2n) is 6.93. The number of amides is 1. The Morgan fingerprint density at radius 1 is 1.00 bits per heavy atom. The van der Waals surface area contributed by atoms with Crippen molar-refractivity contribution in [1.82, 2.24) is 4.90 Å². The molecule has 140 valence electrons. The van der Waals surface area contributed by atoms with Crippen molar-refractivity contribution in [3.05, 3.63) is 106 Å². The molecule has 0 aliphatic carbocycles. The van der Waals surface area contributed by atoms with Crippen molar-refractivity contribution in [2.75, 3.05) is 5.32 Å². The summed E-state index contributed by atoms with van der Waals surface area (Å²) in [5, 5.41) is 14.7. The van der Waals surface area contributed by atoms with Crippen LogP contribution in [0.15, 0.2) is 78.9 Å². The SMILES string of the molecule is CC1(c2cccc([N+](=O)[O-])c2)Nc2ccccc2C(=O)N1Cc1ccccc1. The number of carbonyl (C=O) groups excluding carboxylic acids is 1. The summed E-state index contributed by atoms with van der Waals surface area (Å²) >= 11 is 0. The number of nitro groups is 1. The van der Waals surface area contributed by atoms with E-state index in [4.69, 9.17) is 0 Å². The molecule has 0 aromatic heterocycles. The number of rotatable bonds is 4. The molecule has 1 atom stereocenters. The molecule has 0 bridgehead atoms. The van der Waals surface area contributed by atoms with E-state index in [2.05, 4.69) is 5.32 Å². The third kappa shape index (κ3) is 2.99. The quantitative estimate of drug-likeness (QED) is 0.538. The fourth-order valence-corrected chi connectivity index (χ4v) is 3.60. The molecule has 3 aromatic carbocycles. The summed E-state index contributed by atoms with van der Waals surface area (Å²) in [5.41, 5.74) is 1.99. The molecule has 0 radical (unpaired) electrons. The average molecular weight is 373 g/mol. The number of para-hydroxylation sites is 1. The molecule has 1 aliphatic rings. The van der Waals surface area contributed by atoms with Gasteiger partial charge in [-0.1, -0.05) is 54.6 Å². The normalized spacial score (nSPS) is 18.3. The van der Waals surface area contributed by atoms with E-state index < -0.39 is 10.6 Å². The van der Waals surface area contributed by atoms with Gasteiger partial charge in [-0.15, -0.1) is 0 Å². The molecule has 0 spiro atoms.